The fraction of sp³-hybridized carbons (Fsp3) is 0.583. The molecule has 1 aromatic rings. The molecule has 2 saturated heterocycles. The van der Waals surface area contributed by atoms with E-state index in [1.54, 1.807) is 19.1 Å². The van der Waals surface area contributed by atoms with Crippen LogP contribution in [0.5, 0.6) is 0 Å². The van der Waals surface area contributed by atoms with Gasteiger partial charge in [0, 0.05) is 32.2 Å². The topological polar surface area (TPSA) is 71.3 Å². The highest BCUT2D eigenvalue weighted by molar-refractivity contribution is 5.47. The van der Waals surface area contributed by atoms with E-state index in [9.17, 15) is 10.1 Å². The summed E-state index contributed by atoms with van der Waals surface area (Å²) in [6.07, 6.45) is 0. The Morgan fingerprint density at radius 1 is 1.39 bits per heavy atom. The lowest BCUT2D eigenvalue weighted by Gasteiger charge is -2.18. The number of nitro groups is 1. The van der Waals surface area contributed by atoms with Gasteiger partial charge in [-0.1, -0.05) is 0 Å². The minimum absolute atomic E-state index is 0.0970. The van der Waals surface area contributed by atoms with Gasteiger partial charge in [-0.2, -0.15) is 0 Å². The molecule has 0 aliphatic carbocycles. The summed E-state index contributed by atoms with van der Waals surface area (Å²) in [5.41, 5.74) is 0.590. The van der Waals surface area contributed by atoms with Crippen molar-refractivity contribution in [3.8, 4) is 0 Å². The molecule has 0 spiro atoms. The maximum Gasteiger partial charge on any atom is 0.290 e. The van der Waals surface area contributed by atoms with Crippen molar-refractivity contribution in [2.24, 2.45) is 11.8 Å². The van der Waals surface area contributed by atoms with Crippen LogP contribution >= 0.6 is 0 Å². The van der Waals surface area contributed by atoms with Crippen LogP contribution in [0.1, 0.15) is 5.69 Å². The molecule has 6 heteroatoms. The van der Waals surface area contributed by atoms with Gasteiger partial charge in [-0.25, -0.2) is 4.98 Å². The summed E-state index contributed by atoms with van der Waals surface area (Å²) < 4.78 is 0. The van der Waals surface area contributed by atoms with Crippen LogP contribution in [0.3, 0.4) is 0 Å². The lowest BCUT2D eigenvalue weighted by atomic mass is 10.0. The molecule has 2 aliphatic heterocycles. The van der Waals surface area contributed by atoms with E-state index < -0.39 is 0 Å². The summed E-state index contributed by atoms with van der Waals surface area (Å²) in [6, 6.07) is 3.32. The molecule has 0 amide bonds. The maximum absolute atomic E-state index is 10.8. The van der Waals surface area contributed by atoms with E-state index >= 15 is 0 Å². The molecule has 1 aromatic heterocycles. The summed E-state index contributed by atoms with van der Waals surface area (Å²) in [5.74, 6) is 2.26. The first-order chi connectivity index (χ1) is 8.65. The van der Waals surface area contributed by atoms with E-state index in [2.05, 4.69) is 15.2 Å². The number of hydrogen-bond acceptors (Lipinski definition) is 5. The molecule has 0 aromatic carbocycles. The second-order valence-electron chi connectivity index (χ2n) is 5.11. The summed E-state index contributed by atoms with van der Waals surface area (Å²) in [6.45, 7) is 5.85. The highest BCUT2D eigenvalue weighted by Gasteiger charge is 2.36. The van der Waals surface area contributed by atoms with Crippen LogP contribution in [-0.4, -0.2) is 36.1 Å². The average Bonchev–Trinajstić information content (AvgIpc) is 2.87. The van der Waals surface area contributed by atoms with Crippen molar-refractivity contribution in [1.82, 2.24) is 10.3 Å². The van der Waals surface area contributed by atoms with Crippen LogP contribution in [0.2, 0.25) is 0 Å². The van der Waals surface area contributed by atoms with Gasteiger partial charge in [0.25, 0.3) is 5.69 Å². The summed E-state index contributed by atoms with van der Waals surface area (Å²) in [4.78, 5) is 17.0. The lowest BCUT2D eigenvalue weighted by Crippen LogP contribution is -2.26. The quantitative estimate of drug-likeness (QED) is 0.623. The molecule has 0 bridgehead atoms. The van der Waals surface area contributed by atoms with E-state index in [4.69, 9.17) is 0 Å². The molecule has 2 fully saturated rings. The third-order valence-electron chi connectivity index (χ3n) is 3.95. The largest absolute Gasteiger partial charge is 0.356 e. The number of anilines is 1. The smallest absolute Gasteiger partial charge is 0.290 e. The first-order valence-electron chi connectivity index (χ1n) is 6.23. The van der Waals surface area contributed by atoms with Crippen molar-refractivity contribution in [1.29, 1.82) is 0 Å². The SMILES string of the molecule is Cc1nc(N2CC3CNCC3C2)ccc1[N+](=O)[O-]. The Morgan fingerprint density at radius 3 is 2.61 bits per heavy atom. The maximum atomic E-state index is 10.8. The Morgan fingerprint density at radius 2 is 2.06 bits per heavy atom. The highest BCUT2D eigenvalue weighted by atomic mass is 16.6. The second-order valence-corrected chi connectivity index (χ2v) is 5.11. The van der Waals surface area contributed by atoms with Gasteiger partial charge in [0.1, 0.15) is 11.5 Å². The zero-order valence-electron chi connectivity index (χ0n) is 10.3. The minimum Gasteiger partial charge on any atom is -0.356 e. The van der Waals surface area contributed by atoms with Crippen molar-refractivity contribution >= 4 is 11.5 Å². The van der Waals surface area contributed by atoms with Crippen LogP contribution in [-0.2, 0) is 0 Å². The molecule has 0 saturated carbocycles. The molecule has 3 heterocycles. The Hall–Kier alpha value is -1.69. The van der Waals surface area contributed by atoms with Gasteiger partial charge in [0.15, 0.2) is 0 Å². The predicted octanol–water partition coefficient (Wildman–Crippen LogP) is 0.954. The van der Waals surface area contributed by atoms with Crippen LogP contribution in [0, 0.1) is 28.9 Å². The number of rotatable bonds is 2. The summed E-state index contributed by atoms with van der Waals surface area (Å²) >= 11 is 0. The molecule has 1 N–H and O–H groups in total. The number of fused-ring (bicyclic) bond motifs is 1. The standard InChI is InChI=1S/C12H16N4O2/c1-8-11(16(17)18)2-3-12(14-8)15-6-9-4-13-5-10(9)7-15/h2-3,9-10,13H,4-7H2,1H3. The van der Waals surface area contributed by atoms with E-state index in [-0.39, 0.29) is 10.6 Å². The minimum atomic E-state index is -0.380. The van der Waals surface area contributed by atoms with Gasteiger partial charge in [-0.05, 0) is 24.8 Å². The number of aromatic nitrogens is 1. The Balaban J connectivity index is 1.81. The highest BCUT2D eigenvalue weighted by Crippen LogP contribution is 2.30. The van der Waals surface area contributed by atoms with Crippen molar-refractivity contribution in [2.45, 2.75) is 6.92 Å². The molecule has 18 heavy (non-hydrogen) atoms. The Bertz CT molecular complexity index is 479. The van der Waals surface area contributed by atoms with E-state index in [0.29, 0.717) is 17.5 Å². The molecule has 96 valence electrons. The van der Waals surface area contributed by atoms with Gasteiger partial charge in [-0.3, -0.25) is 10.1 Å². The van der Waals surface area contributed by atoms with Gasteiger partial charge >= 0.3 is 0 Å². The van der Waals surface area contributed by atoms with E-state index in [1.165, 1.54) is 0 Å². The van der Waals surface area contributed by atoms with Crippen molar-refractivity contribution in [3.63, 3.8) is 0 Å². The van der Waals surface area contributed by atoms with Gasteiger partial charge in [0.05, 0.1) is 4.92 Å². The zero-order chi connectivity index (χ0) is 12.7. The predicted molar refractivity (Wildman–Crippen MR) is 67.7 cm³/mol. The molecular weight excluding hydrogens is 232 g/mol. The van der Waals surface area contributed by atoms with Crippen LogP contribution in [0.25, 0.3) is 0 Å². The van der Waals surface area contributed by atoms with Crippen LogP contribution < -0.4 is 10.2 Å². The third-order valence-corrected chi connectivity index (χ3v) is 3.95. The molecule has 2 aliphatic rings. The van der Waals surface area contributed by atoms with Crippen molar-refractivity contribution < 1.29 is 4.92 Å². The van der Waals surface area contributed by atoms with E-state index in [0.717, 1.165) is 32.0 Å². The molecular formula is C12H16N4O2. The monoisotopic (exact) mass is 248 g/mol. The fourth-order valence-electron chi connectivity index (χ4n) is 2.95. The van der Waals surface area contributed by atoms with Crippen LogP contribution in [0.15, 0.2) is 12.1 Å². The average molecular weight is 248 g/mol. The Kier molecular flexibility index (Phi) is 2.66. The first-order valence-corrected chi connectivity index (χ1v) is 6.23. The normalized spacial score (nSPS) is 26.4. The fourth-order valence-corrected chi connectivity index (χ4v) is 2.95. The lowest BCUT2D eigenvalue weighted by molar-refractivity contribution is -0.385. The number of nitrogens with one attached hydrogen (secondary N) is 1. The zero-order valence-corrected chi connectivity index (χ0v) is 10.3. The third kappa shape index (κ3) is 1.82. The molecule has 2 atom stereocenters. The number of pyridine rings is 1. The number of nitrogens with zero attached hydrogens (tertiary/aromatic N) is 3. The second kappa shape index (κ2) is 4.20. The first kappa shape index (κ1) is 11.4. The van der Waals surface area contributed by atoms with Gasteiger partial charge < -0.3 is 10.2 Å². The summed E-state index contributed by atoms with van der Waals surface area (Å²) in [5, 5.41) is 14.2. The van der Waals surface area contributed by atoms with Gasteiger partial charge in [0.2, 0.25) is 0 Å². The van der Waals surface area contributed by atoms with Gasteiger partial charge in [-0.15, -0.1) is 0 Å². The van der Waals surface area contributed by atoms with E-state index in [1.807, 2.05) is 0 Å². The number of hydrogen-bond donors (Lipinski definition) is 1. The Labute approximate surface area is 105 Å². The summed E-state index contributed by atoms with van der Waals surface area (Å²) in [7, 11) is 0. The van der Waals surface area contributed by atoms with Crippen molar-refractivity contribution in [2.75, 3.05) is 31.1 Å². The molecule has 2 unspecified atom stereocenters. The van der Waals surface area contributed by atoms with Crippen molar-refractivity contribution in [3.05, 3.63) is 27.9 Å². The molecule has 0 radical (unpaired) electrons. The van der Waals surface area contributed by atoms with Crippen LogP contribution in [0.4, 0.5) is 11.5 Å². The molecule has 6 nitrogen and oxygen atoms in total. The number of aryl methyl sites for hydroxylation is 1. The molecule has 3 rings (SSSR count).